The van der Waals surface area contributed by atoms with Crippen LogP contribution >= 0.6 is 34.5 Å². The predicted octanol–water partition coefficient (Wildman–Crippen LogP) is 2.94. The van der Waals surface area contributed by atoms with Crippen LogP contribution in [0.25, 0.3) is 0 Å². The molecule has 1 aromatic heterocycles. The first-order chi connectivity index (χ1) is 8.60. The summed E-state index contributed by atoms with van der Waals surface area (Å²) < 4.78 is 0.996. The van der Waals surface area contributed by atoms with E-state index < -0.39 is 0 Å². The minimum atomic E-state index is 0.00161. The summed E-state index contributed by atoms with van der Waals surface area (Å²) in [6, 6.07) is 1.63. The number of aliphatic hydroxyl groups is 1. The second-order valence-electron chi connectivity index (χ2n) is 4.59. The Balaban J connectivity index is 1.97. The molecular weight excluding hydrogens is 293 g/mol. The Kier molecular flexibility index (Phi) is 5.04. The zero-order chi connectivity index (χ0) is 13.1. The number of rotatable bonds is 4. The van der Waals surface area contributed by atoms with Gasteiger partial charge in [-0.2, -0.15) is 0 Å². The van der Waals surface area contributed by atoms with Gasteiger partial charge in [0.15, 0.2) is 5.78 Å². The van der Waals surface area contributed by atoms with Crippen LogP contribution in [0.3, 0.4) is 0 Å². The Morgan fingerprint density at radius 1 is 1.56 bits per heavy atom. The fraction of sp³-hybridized carbons (Fsp3) is 0.583. The van der Waals surface area contributed by atoms with E-state index in [0.717, 1.165) is 25.9 Å². The summed E-state index contributed by atoms with van der Waals surface area (Å²) in [5.74, 6) is 0.287. The number of hydrogen-bond acceptors (Lipinski definition) is 4. The Labute approximate surface area is 120 Å². The maximum Gasteiger partial charge on any atom is 0.179 e. The summed E-state index contributed by atoms with van der Waals surface area (Å²) in [5.41, 5.74) is 0.512. The van der Waals surface area contributed by atoms with E-state index in [1.165, 1.54) is 11.3 Å². The quantitative estimate of drug-likeness (QED) is 0.870. The van der Waals surface area contributed by atoms with Crippen molar-refractivity contribution in [3.63, 3.8) is 0 Å². The molecule has 1 aliphatic rings. The maximum atomic E-state index is 12.1. The lowest BCUT2D eigenvalue weighted by molar-refractivity contribution is 0.0834. The highest BCUT2D eigenvalue weighted by atomic mass is 35.5. The standard InChI is InChI=1S/C12H15Cl2NO2S/c13-11-4-9(12(14)18-11)10(17)6-15-3-1-2-8(5-15)7-16/h4,8,16H,1-3,5-7H2. The lowest BCUT2D eigenvalue weighted by Gasteiger charge is -2.31. The molecule has 0 bridgehead atoms. The van der Waals surface area contributed by atoms with Gasteiger partial charge in [-0.1, -0.05) is 23.2 Å². The van der Waals surface area contributed by atoms with Gasteiger partial charge in [0, 0.05) is 13.2 Å². The van der Waals surface area contributed by atoms with Crippen LogP contribution in [0.2, 0.25) is 8.67 Å². The molecule has 18 heavy (non-hydrogen) atoms. The molecule has 2 rings (SSSR count). The van der Waals surface area contributed by atoms with Gasteiger partial charge in [0.1, 0.15) is 4.34 Å². The zero-order valence-corrected chi connectivity index (χ0v) is 12.2. The number of thiophene rings is 1. The fourth-order valence-corrected chi connectivity index (χ4v) is 3.76. The van der Waals surface area contributed by atoms with Crippen LogP contribution in [0.5, 0.6) is 0 Å². The number of hydrogen-bond donors (Lipinski definition) is 1. The first-order valence-corrected chi connectivity index (χ1v) is 7.48. The molecule has 1 aliphatic heterocycles. The third-order valence-electron chi connectivity index (χ3n) is 3.19. The number of aliphatic hydroxyl groups excluding tert-OH is 1. The van der Waals surface area contributed by atoms with Crippen molar-refractivity contribution in [2.45, 2.75) is 12.8 Å². The number of ketones is 1. The molecule has 0 aliphatic carbocycles. The van der Waals surface area contributed by atoms with Gasteiger partial charge in [0.2, 0.25) is 0 Å². The van der Waals surface area contributed by atoms with Crippen LogP contribution in [0.15, 0.2) is 6.07 Å². The molecule has 3 nitrogen and oxygen atoms in total. The minimum Gasteiger partial charge on any atom is -0.396 e. The summed E-state index contributed by atoms with van der Waals surface area (Å²) in [6.45, 7) is 2.22. The number of halogens is 2. The number of piperidine rings is 1. The second-order valence-corrected chi connectivity index (χ2v) is 6.87. The summed E-state index contributed by atoms with van der Waals surface area (Å²) in [4.78, 5) is 14.2. The molecule has 1 aromatic rings. The van der Waals surface area contributed by atoms with Crippen LogP contribution in [-0.4, -0.2) is 42.0 Å². The highest BCUT2D eigenvalue weighted by Gasteiger charge is 2.23. The lowest BCUT2D eigenvalue weighted by atomic mass is 9.98. The summed E-state index contributed by atoms with van der Waals surface area (Å²) in [6.07, 6.45) is 2.06. The van der Waals surface area contributed by atoms with Crippen molar-refractivity contribution in [1.29, 1.82) is 0 Å². The molecule has 0 aromatic carbocycles. The van der Waals surface area contributed by atoms with E-state index in [4.69, 9.17) is 28.3 Å². The molecule has 1 saturated heterocycles. The Bertz CT molecular complexity index is 436. The largest absolute Gasteiger partial charge is 0.396 e. The molecule has 1 N–H and O–H groups in total. The lowest BCUT2D eigenvalue weighted by Crippen LogP contribution is -2.39. The van der Waals surface area contributed by atoms with Gasteiger partial charge in [0.25, 0.3) is 0 Å². The van der Waals surface area contributed by atoms with Gasteiger partial charge in [0.05, 0.1) is 16.4 Å². The summed E-state index contributed by atoms with van der Waals surface area (Å²) >= 11 is 13.0. The van der Waals surface area contributed by atoms with Crippen molar-refractivity contribution in [2.24, 2.45) is 5.92 Å². The van der Waals surface area contributed by atoms with Crippen molar-refractivity contribution in [1.82, 2.24) is 4.90 Å². The molecule has 1 atom stereocenters. The van der Waals surface area contributed by atoms with Gasteiger partial charge < -0.3 is 5.11 Å². The van der Waals surface area contributed by atoms with Crippen molar-refractivity contribution in [3.8, 4) is 0 Å². The highest BCUT2D eigenvalue weighted by molar-refractivity contribution is 7.20. The molecule has 100 valence electrons. The Morgan fingerprint density at radius 3 is 2.94 bits per heavy atom. The third-order valence-corrected chi connectivity index (χ3v) is 4.67. The van der Waals surface area contributed by atoms with E-state index in [-0.39, 0.29) is 18.3 Å². The number of carbonyl (C=O) groups is 1. The topological polar surface area (TPSA) is 40.5 Å². The normalized spacial score (nSPS) is 21.2. The van der Waals surface area contributed by atoms with Crippen molar-refractivity contribution < 1.29 is 9.90 Å². The van der Waals surface area contributed by atoms with Crippen LogP contribution in [0.4, 0.5) is 0 Å². The van der Waals surface area contributed by atoms with E-state index in [1.54, 1.807) is 6.07 Å². The maximum absolute atomic E-state index is 12.1. The number of carbonyl (C=O) groups excluding carboxylic acids is 1. The molecule has 0 saturated carbocycles. The molecule has 0 amide bonds. The Morgan fingerprint density at radius 2 is 2.33 bits per heavy atom. The molecular formula is C12H15Cl2NO2S. The van der Waals surface area contributed by atoms with E-state index in [9.17, 15) is 4.79 Å². The van der Waals surface area contributed by atoms with Gasteiger partial charge >= 0.3 is 0 Å². The smallest absolute Gasteiger partial charge is 0.179 e. The first kappa shape index (κ1) is 14.3. The molecule has 0 radical (unpaired) electrons. The van der Waals surface area contributed by atoms with Gasteiger partial charge in [-0.05, 0) is 31.4 Å². The van der Waals surface area contributed by atoms with Crippen molar-refractivity contribution >= 4 is 40.3 Å². The third kappa shape index (κ3) is 3.45. The summed E-state index contributed by atoms with van der Waals surface area (Å²) in [7, 11) is 0. The number of likely N-dealkylation sites (tertiary alicyclic amines) is 1. The molecule has 2 heterocycles. The van der Waals surface area contributed by atoms with Gasteiger partial charge in [-0.15, -0.1) is 11.3 Å². The monoisotopic (exact) mass is 307 g/mol. The predicted molar refractivity (Wildman–Crippen MR) is 74.9 cm³/mol. The second kappa shape index (κ2) is 6.35. The highest BCUT2D eigenvalue weighted by Crippen LogP contribution is 2.31. The Hall–Kier alpha value is -0.130. The zero-order valence-electron chi connectivity index (χ0n) is 9.86. The van der Waals surface area contributed by atoms with Crippen LogP contribution in [0, 0.1) is 5.92 Å². The molecule has 1 fully saturated rings. The number of Topliss-reactive ketones (excluding diaryl/α,β-unsaturated/α-hetero) is 1. The SMILES string of the molecule is O=C(CN1CCCC(CO)C1)c1cc(Cl)sc1Cl. The van der Waals surface area contributed by atoms with Gasteiger partial charge in [-0.25, -0.2) is 0 Å². The van der Waals surface area contributed by atoms with Crippen LogP contribution in [0.1, 0.15) is 23.2 Å². The van der Waals surface area contributed by atoms with E-state index in [0.29, 0.717) is 20.8 Å². The van der Waals surface area contributed by atoms with Crippen molar-refractivity contribution in [2.75, 3.05) is 26.2 Å². The van der Waals surface area contributed by atoms with Crippen molar-refractivity contribution in [3.05, 3.63) is 20.3 Å². The van der Waals surface area contributed by atoms with E-state index in [1.807, 2.05) is 0 Å². The minimum absolute atomic E-state index is 0.00161. The van der Waals surface area contributed by atoms with Crippen LogP contribution < -0.4 is 0 Å². The molecule has 1 unspecified atom stereocenters. The first-order valence-electron chi connectivity index (χ1n) is 5.91. The summed E-state index contributed by atoms with van der Waals surface area (Å²) in [5, 5.41) is 9.16. The average Bonchev–Trinajstić information content (AvgIpc) is 2.69. The molecule has 0 spiro atoms. The van der Waals surface area contributed by atoms with Gasteiger partial charge in [-0.3, -0.25) is 9.69 Å². The molecule has 6 heteroatoms. The average molecular weight is 308 g/mol. The van der Waals surface area contributed by atoms with E-state index >= 15 is 0 Å². The van der Waals surface area contributed by atoms with E-state index in [2.05, 4.69) is 4.90 Å². The van der Waals surface area contributed by atoms with Crippen LogP contribution in [-0.2, 0) is 0 Å². The fourth-order valence-electron chi connectivity index (χ4n) is 2.26. The number of nitrogens with zero attached hydrogens (tertiary/aromatic N) is 1.